The van der Waals surface area contributed by atoms with Gasteiger partial charge >= 0.3 is 0 Å². The Labute approximate surface area is 443 Å². The van der Waals surface area contributed by atoms with Gasteiger partial charge in [-0.05, 0) is 190 Å². The van der Waals surface area contributed by atoms with Crippen LogP contribution >= 0.6 is 0 Å². The molecule has 0 N–H and O–H groups in total. The van der Waals surface area contributed by atoms with Crippen LogP contribution in [0.2, 0.25) is 0 Å². The Bertz CT molecular complexity index is 5250. The lowest BCUT2D eigenvalue weighted by atomic mass is 9.86. The Kier molecular flexibility index (Phi) is 8.90. The number of hydrogen-bond acceptors (Lipinski definition) is 1. The van der Waals surface area contributed by atoms with E-state index >= 15 is 0 Å². The third kappa shape index (κ3) is 6.35. The van der Waals surface area contributed by atoms with Crippen molar-refractivity contribution < 1.29 is 4.42 Å². The van der Waals surface area contributed by atoms with Crippen molar-refractivity contribution in [2.24, 2.45) is 0 Å². The van der Waals surface area contributed by atoms with Gasteiger partial charge in [0.2, 0.25) is 0 Å². The summed E-state index contributed by atoms with van der Waals surface area (Å²) in [7, 11) is 0. The summed E-state index contributed by atoms with van der Waals surface area (Å²) in [5, 5.41) is 22.3. The van der Waals surface area contributed by atoms with Gasteiger partial charge in [0.25, 0.3) is 0 Å². The molecule has 0 unspecified atom stereocenters. The van der Waals surface area contributed by atoms with E-state index in [9.17, 15) is 0 Å². The zero-order valence-electron chi connectivity index (χ0n) is 41.8. The summed E-state index contributed by atoms with van der Waals surface area (Å²) in [4.78, 5) is 0. The van der Waals surface area contributed by atoms with Crippen molar-refractivity contribution in [3.63, 3.8) is 0 Å². The van der Waals surface area contributed by atoms with E-state index in [1.165, 1.54) is 125 Å². The van der Waals surface area contributed by atoms with E-state index in [0.29, 0.717) is 0 Å². The maximum absolute atomic E-state index is 7.06. The average Bonchev–Trinajstić information content (AvgIpc) is 3.92. The lowest BCUT2D eigenvalue weighted by Crippen LogP contribution is -1.90. The number of hydrogen-bond donors (Lipinski definition) is 0. The zero-order valence-corrected chi connectivity index (χ0v) is 41.8. The number of fused-ring (bicyclic) bond motifs is 6. The van der Waals surface area contributed by atoms with Crippen LogP contribution in [-0.2, 0) is 0 Å². The summed E-state index contributed by atoms with van der Waals surface area (Å²) in [6.07, 6.45) is 0. The molecular formula is C76H44O. The van der Waals surface area contributed by atoms with Gasteiger partial charge in [0, 0.05) is 16.2 Å². The lowest BCUT2D eigenvalue weighted by molar-refractivity contribution is 0.673. The summed E-state index contributed by atoms with van der Waals surface area (Å²) >= 11 is 0. The molecule has 0 atom stereocenters. The second-order valence-corrected chi connectivity index (χ2v) is 21.1. The van der Waals surface area contributed by atoms with Gasteiger partial charge in [0.15, 0.2) is 0 Å². The molecule has 16 aromatic carbocycles. The smallest absolute Gasteiger partial charge is 0.143 e. The lowest BCUT2D eigenvalue weighted by Gasteiger charge is -2.17. The average molecular weight is 973 g/mol. The Morgan fingerprint density at radius 3 is 1.09 bits per heavy atom. The molecular weight excluding hydrogens is 929 g/mol. The van der Waals surface area contributed by atoms with E-state index < -0.39 is 0 Å². The topological polar surface area (TPSA) is 13.1 Å². The maximum Gasteiger partial charge on any atom is 0.143 e. The van der Waals surface area contributed by atoms with Crippen LogP contribution in [0.25, 0.3) is 175 Å². The summed E-state index contributed by atoms with van der Waals surface area (Å²) in [6.45, 7) is 0. The van der Waals surface area contributed by atoms with Gasteiger partial charge in [-0.3, -0.25) is 0 Å². The minimum atomic E-state index is 0.895. The number of furan rings is 1. The SMILES string of the molecule is c1ccc(-c2ccc3ccc4c(-c5cccc(-c6ccc7c(c6)cc(-c6cccc(-c8ccc9ccc%10c(-c%11ccccc%11)ccc%11ccc8c9c%11%10)c6)c6c8cc9ccccc9cc8oc76)c5)ccc5ccc2c3c54)cc1. The van der Waals surface area contributed by atoms with Crippen LogP contribution in [-0.4, -0.2) is 0 Å². The minimum Gasteiger partial charge on any atom is -0.455 e. The summed E-state index contributed by atoms with van der Waals surface area (Å²) in [5.74, 6) is 0. The first-order valence-electron chi connectivity index (χ1n) is 26.7. The van der Waals surface area contributed by atoms with E-state index in [4.69, 9.17) is 4.42 Å². The first-order chi connectivity index (χ1) is 38.1. The predicted octanol–water partition coefficient (Wildman–Crippen LogP) is 21.7. The van der Waals surface area contributed by atoms with Gasteiger partial charge < -0.3 is 4.42 Å². The molecule has 1 nitrogen and oxygen atoms in total. The molecule has 0 amide bonds. The standard InChI is InChI=1S/C76H44O/c1-3-11-45(12-4-1)59-30-21-47-27-37-66-61(32-23-49-25-35-64(59)71(47)73(49)66)55-18-9-17-51(39-55)54-29-34-63-58(40-54)43-68(75-69-42-52-15-7-8-16-53(52)44-70(69)77-76(63)75)57-20-10-19-56(41-57)62-33-24-50-26-36-65-60(46-13-5-2-6-14-46)31-22-48-28-38-67(62)74(50)72(48)65/h1-44H. The molecule has 1 aromatic heterocycles. The first kappa shape index (κ1) is 42.3. The zero-order chi connectivity index (χ0) is 50.3. The monoisotopic (exact) mass is 972 g/mol. The van der Waals surface area contributed by atoms with Crippen molar-refractivity contribution in [1.82, 2.24) is 0 Å². The van der Waals surface area contributed by atoms with E-state index in [0.717, 1.165) is 49.4 Å². The third-order valence-electron chi connectivity index (χ3n) is 16.9. The van der Waals surface area contributed by atoms with Crippen molar-refractivity contribution in [1.29, 1.82) is 0 Å². The van der Waals surface area contributed by atoms with E-state index in [1.54, 1.807) is 0 Å². The number of benzene rings is 16. The van der Waals surface area contributed by atoms with Gasteiger partial charge in [0.05, 0.1) is 0 Å². The molecule has 0 aliphatic heterocycles. The van der Waals surface area contributed by atoms with Gasteiger partial charge in [0.1, 0.15) is 11.2 Å². The molecule has 0 aliphatic rings. The fraction of sp³-hybridized carbons (Fsp3) is 0. The van der Waals surface area contributed by atoms with Crippen molar-refractivity contribution in [2.75, 3.05) is 0 Å². The second-order valence-electron chi connectivity index (χ2n) is 21.1. The molecule has 1 heterocycles. The largest absolute Gasteiger partial charge is 0.455 e. The quantitative estimate of drug-likeness (QED) is 0.151. The van der Waals surface area contributed by atoms with Gasteiger partial charge in [-0.2, -0.15) is 0 Å². The molecule has 0 aliphatic carbocycles. The highest BCUT2D eigenvalue weighted by Gasteiger charge is 2.21. The molecule has 17 aromatic rings. The highest BCUT2D eigenvalue weighted by molar-refractivity contribution is 6.30. The molecule has 17 rings (SSSR count). The van der Waals surface area contributed by atoms with Gasteiger partial charge in [-0.25, -0.2) is 0 Å². The minimum absolute atomic E-state index is 0.895. The van der Waals surface area contributed by atoms with Gasteiger partial charge in [-0.15, -0.1) is 0 Å². The highest BCUT2D eigenvalue weighted by Crippen LogP contribution is 2.48. The fourth-order valence-electron chi connectivity index (χ4n) is 13.3. The normalized spacial score (nSPS) is 12.2. The van der Waals surface area contributed by atoms with E-state index in [1.807, 2.05) is 0 Å². The molecule has 0 bridgehead atoms. The van der Waals surface area contributed by atoms with Crippen LogP contribution in [0.3, 0.4) is 0 Å². The van der Waals surface area contributed by atoms with Crippen molar-refractivity contribution in [2.45, 2.75) is 0 Å². The van der Waals surface area contributed by atoms with Crippen LogP contribution in [0, 0.1) is 0 Å². The molecule has 77 heavy (non-hydrogen) atoms. The predicted molar refractivity (Wildman–Crippen MR) is 329 cm³/mol. The van der Waals surface area contributed by atoms with E-state index in [2.05, 4.69) is 267 Å². The Balaban J connectivity index is 0.829. The fourth-order valence-corrected chi connectivity index (χ4v) is 13.3. The molecule has 0 fully saturated rings. The van der Waals surface area contributed by atoms with Crippen LogP contribution in [0.5, 0.6) is 0 Å². The Morgan fingerprint density at radius 1 is 0.182 bits per heavy atom. The third-order valence-corrected chi connectivity index (χ3v) is 16.9. The van der Waals surface area contributed by atoms with Crippen molar-refractivity contribution >= 4 is 108 Å². The molecule has 0 saturated heterocycles. The maximum atomic E-state index is 7.06. The molecule has 1 heteroatoms. The summed E-state index contributed by atoms with van der Waals surface area (Å²) < 4.78 is 7.06. The van der Waals surface area contributed by atoms with E-state index in [-0.39, 0.29) is 0 Å². The van der Waals surface area contributed by atoms with Crippen LogP contribution in [0.1, 0.15) is 0 Å². The second kappa shape index (κ2) is 16.2. The summed E-state index contributed by atoms with van der Waals surface area (Å²) in [6, 6.07) is 99.2. The van der Waals surface area contributed by atoms with Crippen LogP contribution < -0.4 is 0 Å². The Hall–Kier alpha value is -10.1. The first-order valence-corrected chi connectivity index (χ1v) is 26.7. The Morgan fingerprint density at radius 2 is 0.571 bits per heavy atom. The highest BCUT2D eigenvalue weighted by atomic mass is 16.3. The van der Waals surface area contributed by atoms with Crippen molar-refractivity contribution in [3.8, 4) is 66.8 Å². The molecule has 354 valence electrons. The number of rotatable bonds is 6. The van der Waals surface area contributed by atoms with Crippen LogP contribution in [0.15, 0.2) is 271 Å². The molecule has 0 saturated carbocycles. The summed E-state index contributed by atoms with van der Waals surface area (Å²) in [5.41, 5.74) is 16.3. The molecule has 0 radical (unpaired) electrons. The van der Waals surface area contributed by atoms with Crippen LogP contribution in [0.4, 0.5) is 0 Å². The van der Waals surface area contributed by atoms with Crippen molar-refractivity contribution in [3.05, 3.63) is 267 Å². The molecule has 0 spiro atoms. The van der Waals surface area contributed by atoms with Gasteiger partial charge in [-0.1, -0.05) is 224 Å².